The van der Waals surface area contributed by atoms with Crippen molar-refractivity contribution in [3.05, 3.63) is 56.9 Å². The summed E-state index contributed by atoms with van der Waals surface area (Å²) >= 11 is 3.05. The third-order valence-corrected chi connectivity index (χ3v) is 6.16. The summed E-state index contributed by atoms with van der Waals surface area (Å²) in [7, 11) is 1.83. The largest absolute Gasteiger partial charge is 0.461 e. The molecule has 7 heteroatoms. The van der Waals surface area contributed by atoms with E-state index >= 15 is 0 Å². The predicted octanol–water partition coefficient (Wildman–Crippen LogP) is 4.90. The summed E-state index contributed by atoms with van der Waals surface area (Å²) in [6, 6.07) is 5.69. The number of hydrogen-bond acceptors (Lipinski definition) is 6. The van der Waals surface area contributed by atoms with E-state index in [1.807, 2.05) is 44.5 Å². The monoisotopic (exact) mass is 383 g/mol. The first-order valence-electron chi connectivity index (χ1n) is 8.12. The molecule has 4 aromatic rings. The number of nitrogens with zero attached hydrogens (tertiary/aromatic N) is 3. The smallest absolute Gasteiger partial charge is 0.264 e. The molecular weight excluding hydrogens is 366 g/mol. The van der Waals surface area contributed by atoms with Crippen LogP contribution in [0.5, 0.6) is 0 Å². The number of carbonyl (C=O) groups is 1. The van der Waals surface area contributed by atoms with Gasteiger partial charge in [-0.3, -0.25) is 4.79 Å². The Morgan fingerprint density at radius 1 is 1.27 bits per heavy atom. The summed E-state index contributed by atoms with van der Waals surface area (Å²) in [6.45, 7) is 4.51. The van der Waals surface area contributed by atoms with Gasteiger partial charge in [-0.05, 0) is 53.9 Å². The molecular formula is C19H17N3O2S2. The Balaban J connectivity index is 1.72. The number of furan rings is 1. The van der Waals surface area contributed by atoms with E-state index < -0.39 is 0 Å². The molecule has 0 aliphatic carbocycles. The van der Waals surface area contributed by atoms with E-state index in [1.165, 1.54) is 11.3 Å². The highest BCUT2D eigenvalue weighted by molar-refractivity contribution is 7.20. The fourth-order valence-corrected chi connectivity index (χ4v) is 4.85. The van der Waals surface area contributed by atoms with Gasteiger partial charge in [0.2, 0.25) is 0 Å². The molecule has 26 heavy (non-hydrogen) atoms. The molecule has 0 unspecified atom stereocenters. The maximum Gasteiger partial charge on any atom is 0.264 e. The Hall–Kier alpha value is -2.51. The Bertz CT molecular complexity index is 1070. The lowest BCUT2D eigenvalue weighted by atomic mass is 10.1. The molecule has 0 radical (unpaired) electrons. The zero-order valence-electron chi connectivity index (χ0n) is 14.6. The van der Waals surface area contributed by atoms with Crippen LogP contribution in [0.2, 0.25) is 0 Å². The Labute approximate surface area is 158 Å². The number of aromatic nitrogens is 2. The number of thiophene rings is 2. The minimum absolute atomic E-state index is 0.00986. The van der Waals surface area contributed by atoms with Gasteiger partial charge in [0.1, 0.15) is 4.83 Å². The Morgan fingerprint density at radius 2 is 2.12 bits per heavy atom. The second-order valence-electron chi connectivity index (χ2n) is 6.14. The van der Waals surface area contributed by atoms with Gasteiger partial charge in [-0.1, -0.05) is 0 Å². The molecule has 0 fully saturated rings. The van der Waals surface area contributed by atoms with Gasteiger partial charge in [0.15, 0.2) is 11.6 Å². The molecule has 4 heterocycles. The molecule has 132 valence electrons. The van der Waals surface area contributed by atoms with E-state index in [4.69, 9.17) is 4.42 Å². The van der Waals surface area contributed by atoms with E-state index in [1.54, 1.807) is 22.5 Å². The average molecular weight is 383 g/mol. The molecule has 0 spiro atoms. The van der Waals surface area contributed by atoms with Crippen molar-refractivity contribution < 1.29 is 9.21 Å². The summed E-state index contributed by atoms with van der Waals surface area (Å²) < 4.78 is 5.41. The maximum atomic E-state index is 13.0. The third kappa shape index (κ3) is 2.93. The maximum absolute atomic E-state index is 13.0. The lowest BCUT2D eigenvalue weighted by molar-refractivity contribution is 0.0789. The van der Waals surface area contributed by atoms with Crippen LogP contribution in [-0.2, 0) is 6.54 Å². The quantitative estimate of drug-likeness (QED) is 0.503. The highest BCUT2D eigenvalue weighted by Gasteiger charge is 2.22. The minimum atomic E-state index is 0.00986. The molecule has 1 amide bonds. The summed E-state index contributed by atoms with van der Waals surface area (Å²) in [4.78, 5) is 25.4. The highest BCUT2D eigenvalue weighted by atomic mass is 32.1. The average Bonchev–Trinajstić information content (AvgIpc) is 3.35. The lowest BCUT2D eigenvalue weighted by Gasteiger charge is -2.15. The highest BCUT2D eigenvalue weighted by Crippen LogP contribution is 2.33. The van der Waals surface area contributed by atoms with Gasteiger partial charge >= 0.3 is 0 Å². The molecule has 0 atom stereocenters. The topological polar surface area (TPSA) is 59.2 Å². The van der Waals surface area contributed by atoms with Crippen molar-refractivity contribution in [1.82, 2.24) is 14.9 Å². The van der Waals surface area contributed by atoms with Crippen molar-refractivity contribution in [1.29, 1.82) is 0 Å². The fraction of sp³-hybridized carbons (Fsp3) is 0.211. The molecule has 0 aliphatic rings. The molecule has 4 rings (SSSR count). The van der Waals surface area contributed by atoms with Gasteiger partial charge in [-0.25, -0.2) is 9.97 Å². The number of aryl methyl sites for hydroxylation is 2. The summed E-state index contributed by atoms with van der Waals surface area (Å²) in [6.07, 6.45) is 1.60. The summed E-state index contributed by atoms with van der Waals surface area (Å²) in [5.74, 6) is 1.19. The lowest BCUT2D eigenvalue weighted by Crippen LogP contribution is -2.25. The first-order valence-corrected chi connectivity index (χ1v) is 9.88. The van der Waals surface area contributed by atoms with Gasteiger partial charge in [-0.2, -0.15) is 11.3 Å². The minimum Gasteiger partial charge on any atom is -0.461 e. The number of amides is 1. The molecule has 5 nitrogen and oxygen atoms in total. The van der Waals surface area contributed by atoms with E-state index in [0.717, 1.165) is 27.0 Å². The van der Waals surface area contributed by atoms with E-state index in [-0.39, 0.29) is 5.91 Å². The molecule has 0 saturated carbocycles. The molecule has 0 aromatic carbocycles. The second kappa shape index (κ2) is 6.66. The van der Waals surface area contributed by atoms with Crippen LogP contribution >= 0.6 is 22.7 Å². The number of rotatable bonds is 4. The van der Waals surface area contributed by atoms with Crippen molar-refractivity contribution >= 4 is 38.8 Å². The zero-order chi connectivity index (χ0) is 18.3. The van der Waals surface area contributed by atoms with Crippen LogP contribution in [-0.4, -0.2) is 27.8 Å². The van der Waals surface area contributed by atoms with Crippen LogP contribution in [0.3, 0.4) is 0 Å². The normalized spacial score (nSPS) is 11.2. The first-order chi connectivity index (χ1) is 12.5. The van der Waals surface area contributed by atoms with Crippen molar-refractivity contribution in [2.75, 3.05) is 7.05 Å². The standard InChI is InChI=1S/C19H17N3O2S2/c1-11-15-12(2)20-17(14-5-4-7-24-14)21-18(15)26-16(11)19(23)22(3)9-13-6-8-25-10-13/h4-8,10H,9H2,1-3H3. The fourth-order valence-electron chi connectivity index (χ4n) is 2.96. The van der Waals surface area contributed by atoms with Crippen LogP contribution in [0.25, 0.3) is 21.8 Å². The number of fused-ring (bicyclic) bond motifs is 1. The van der Waals surface area contributed by atoms with Crippen molar-refractivity contribution in [2.45, 2.75) is 20.4 Å². The summed E-state index contributed by atoms with van der Waals surface area (Å²) in [5, 5.41) is 5.04. The molecule has 4 aromatic heterocycles. The Morgan fingerprint density at radius 3 is 2.81 bits per heavy atom. The third-order valence-electron chi connectivity index (χ3n) is 4.25. The van der Waals surface area contributed by atoms with Crippen LogP contribution in [0.15, 0.2) is 39.6 Å². The molecule has 0 bridgehead atoms. The first kappa shape index (κ1) is 16.9. The zero-order valence-corrected chi connectivity index (χ0v) is 16.3. The van der Waals surface area contributed by atoms with E-state index in [9.17, 15) is 4.79 Å². The van der Waals surface area contributed by atoms with Crippen LogP contribution in [0, 0.1) is 13.8 Å². The van der Waals surface area contributed by atoms with Crippen LogP contribution in [0.1, 0.15) is 26.5 Å². The van der Waals surface area contributed by atoms with E-state index in [0.29, 0.717) is 23.0 Å². The van der Waals surface area contributed by atoms with Crippen LogP contribution < -0.4 is 0 Å². The van der Waals surface area contributed by atoms with Gasteiger partial charge in [0.25, 0.3) is 5.91 Å². The van der Waals surface area contributed by atoms with Crippen molar-refractivity contribution in [2.24, 2.45) is 0 Å². The van der Waals surface area contributed by atoms with Gasteiger partial charge in [0, 0.05) is 19.0 Å². The number of carbonyl (C=O) groups excluding carboxylic acids is 1. The molecule has 0 saturated heterocycles. The summed E-state index contributed by atoms with van der Waals surface area (Å²) in [5.41, 5.74) is 2.94. The number of hydrogen-bond donors (Lipinski definition) is 0. The predicted molar refractivity (Wildman–Crippen MR) is 105 cm³/mol. The van der Waals surface area contributed by atoms with Gasteiger partial charge in [-0.15, -0.1) is 11.3 Å². The van der Waals surface area contributed by atoms with Crippen molar-refractivity contribution in [3.8, 4) is 11.6 Å². The van der Waals surface area contributed by atoms with Gasteiger partial charge in [0.05, 0.1) is 16.8 Å². The molecule has 0 aliphatic heterocycles. The molecule has 0 N–H and O–H groups in total. The SMILES string of the molecule is Cc1nc(-c2ccco2)nc2sc(C(=O)N(C)Cc3ccsc3)c(C)c12. The van der Waals surface area contributed by atoms with Crippen molar-refractivity contribution in [3.63, 3.8) is 0 Å². The van der Waals surface area contributed by atoms with E-state index in [2.05, 4.69) is 15.3 Å². The van der Waals surface area contributed by atoms with Gasteiger partial charge < -0.3 is 9.32 Å². The van der Waals surface area contributed by atoms with Crippen LogP contribution in [0.4, 0.5) is 0 Å². The second-order valence-corrected chi connectivity index (χ2v) is 7.92. The Kier molecular flexibility index (Phi) is 4.34.